The van der Waals surface area contributed by atoms with E-state index in [1.165, 1.54) is 57.8 Å². The number of nitrogens with zero attached hydrogens (tertiary/aromatic N) is 1. The van der Waals surface area contributed by atoms with Crippen LogP contribution in [0.5, 0.6) is 0 Å². The number of likely N-dealkylation sites (tertiary alicyclic amines) is 1. The van der Waals surface area contributed by atoms with Crippen LogP contribution in [0.1, 0.15) is 92.4 Å². The van der Waals surface area contributed by atoms with Crippen molar-refractivity contribution in [2.24, 2.45) is 29.6 Å². The molecule has 23 heavy (non-hydrogen) atoms. The molecule has 3 fully saturated rings. The second kappa shape index (κ2) is 6.36. The second-order valence-corrected chi connectivity index (χ2v) is 10.5. The third-order valence-corrected chi connectivity index (χ3v) is 8.51. The molecule has 2 saturated carbocycles. The Morgan fingerprint density at radius 2 is 1.13 bits per heavy atom. The lowest BCUT2D eigenvalue weighted by Gasteiger charge is -2.43. The molecule has 3 rings (SSSR count). The first-order valence-corrected chi connectivity index (χ1v) is 10.5. The Morgan fingerprint density at radius 3 is 1.57 bits per heavy atom. The molecule has 1 aliphatic heterocycles. The molecule has 0 aromatic heterocycles. The van der Waals surface area contributed by atoms with E-state index in [0.29, 0.717) is 11.1 Å². The van der Waals surface area contributed by atoms with Crippen molar-refractivity contribution < 1.29 is 0 Å². The summed E-state index contributed by atoms with van der Waals surface area (Å²) in [5, 5.41) is 0. The lowest BCUT2D eigenvalue weighted by atomic mass is 9.65. The van der Waals surface area contributed by atoms with Gasteiger partial charge >= 0.3 is 0 Å². The van der Waals surface area contributed by atoms with Gasteiger partial charge in [-0.25, -0.2) is 0 Å². The van der Waals surface area contributed by atoms with Crippen molar-refractivity contribution in [3.05, 3.63) is 0 Å². The largest absolute Gasteiger partial charge is 0.296 e. The molecule has 1 nitrogen and oxygen atoms in total. The van der Waals surface area contributed by atoms with Crippen molar-refractivity contribution in [1.29, 1.82) is 0 Å². The summed E-state index contributed by atoms with van der Waals surface area (Å²) in [5.41, 5.74) is 0.756. The van der Waals surface area contributed by atoms with Gasteiger partial charge in [0.1, 0.15) is 0 Å². The summed E-state index contributed by atoms with van der Waals surface area (Å²) in [6, 6.07) is 0. The normalized spacial score (nSPS) is 44.3. The summed E-state index contributed by atoms with van der Waals surface area (Å²) in [6.45, 7) is 12.3. The van der Waals surface area contributed by atoms with Crippen LogP contribution in [-0.2, 0) is 0 Å². The molecule has 0 radical (unpaired) electrons. The molecule has 1 unspecified atom stereocenters. The molecule has 0 bridgehead atoms. The van der Waals surface area contributed by atoms with Gasteiger partial charge in [-0.3, -0.25) is 4.90 Å². The number of rotatable bonds is 2. The van der Waals surface area contributed by atoms with Crippen molar-refractivity contribution in [3.8, 4) is 0 Å². The first kappa shape index (κ1) is 17.8. The van der Waals surface area contributed by atoms with Gasteiger partial charge in [0.25, 0.3) is 0 Å². The van der Waals surface area contributed by atoms with E-state index in [9.17, 15) is 0 Å². The molecule has 0 amide bonds. The fraction of sp³-hybridized carbons (Fsp3) is 1.00. The van der Waals surface area contributed by atoms with E-state index in [4.69, 9.17) is 0 Å². The average Bonchev–Trinajstić information content (AvgIpc) is 2.68. The molecule has 1 heterocycles. The minimum atomic E-state index is 0.376. The van der Waals surface area contributed by atoms with Crippen LogP contribution >= 0.6 is 0 Å². The molecule has 3 aliphatic rings. The van der Waals surface area contributed by atoms with Crippen LogP contribution in [0.25, 0.3) is 0 Å². The highest BCUT2D eigenvalue weighted by molar-refractivity contribution is 5.06. The summed E-state index contributed by atoms with van der Waals surface area (Å²) in [5.74, 6) is 5.01. The third-order valence-electron chi connectivity index (χ3n) is 8.51. The van der Waals surface area contributed by atoms with Gasteiger partial charge in [-0.05, 0) is 109 Å². The Bertz CT molecular complexity index is 394. The Kier molecular flexibility index (Phi) is 4.91. The molecule has 0 aromatic rings. The minimum absolute atomic E-state index is 0.376. The molecule has 0 N–H and O–H groups in total. The van der Waals surface area contributed by atoms with Crippen molar-refractivity contribution in [2.75, 3.05) is 7.05 Å². The van der Waals surface area contributed by atoms with E-state index < -0.39 is 0 Å². The quantitative estimate of drug-likeness (QED) is 0.592. The van der Waals surface area contributed by atoms with Gasteiger partial charge in [0.15, 0.2) is 0 Å². The molecular formula is C22H41N. The molecule has 1 heteroatoms. The highest BCUT2D eigenvalue weighted by Gasteiger charge is 2.52. The smallest absolute Gasteiger partial charge is 0.0186 e. The monoisotopic (exact) mass is 319 g/mol. The lowest BCUT2D eigenvalue weighted by Crippen LogP contribution is -2.48. The van der Waals surface area contributed by atoms with Gasteiger partial charge in [-0.15, -0.1) is 0 Å². The number of hydrogen-bond acceptors (Lipinski definition) is 1. The van der Waals surface area contributed by atoms with Crippen LogP contribution in [0, 0.1) is 29.6 Å². The highest BCUT2D eigenvalue weighted by atomic mass is 15.3. The van der Waals surface area contributed by atoms with Crippen molar-refractivity contribution in [3.63, 3.8) is 0 Å². The van der Waals surface area contributed by atoms with E-state index in [0.717, 1.165) is 29.6 Å². The molecule has 0 spiro atoms. The van der Waals surface area contributed by atoms with Crippen LogP contribution in [0.2, 0.25) is 0 Å². The third kappa shape index (κ3) is 3.37. The Hall–Kier alpha value is -0.0400. The van der Waals surface area contributed by atoms with E-state index in [1.807, 2.05) is 0 Å². The highest BCUT2D eigenvalue weighted by Crippen LogP contribution is 2.52. The van der Waals surface area contributed by atoms with E-state index in [2.05, 4.69) is 46.6 Å². The maximum atomic E-state index is 2.67. The molecule has 1 saturated heterocycles. The zero-order valence-electron chi connectivity index (χ0n) is 16.7. The fourth-order valence-electron chi connectivity index (χ4n) is 6.47. The van der Waals surface area contributed by atoms with Crippen LogP contribution in [0.4, 0.5) is 0 Å². The van der Waals surface area contributed by atoms with E-state index in [1.54, 1.807) is 0 Å². The van der Waals surface area contributed by atoms with Gasteiger partial charge < -0.3 is 0 Å². The summed E-state index contributed by atoms with van der Waals surface area (Å²) >= 11 is 0. The number of hydrogen-bond donors (Lipinski definition) is 0. The maximum Gasteiger partial charge on any atom is 0.0186 e. The lowest BCUT2D eigenvalue weighted by molar-refractivity contribution is 0.0644. The molecular weight excluding hydrogens is 278 g/mol. The second-order valence-electron chi connectivity index (χ2n) is 10.5. The zero-order valence-corrected chi connectivity index (χ0v) is 16.7. The topological polar surface area (TPSA) is 3.24 Å². The first-order valence-electron chi connectivity index (χ1n) is 10.5. The zero-order chi connectivity index (χ0) is 16.8. The minimum Gasteiger partial charge on any atom is -0.296 e. The Labute approximate surface area is 145 Å². The Morgan fingerprint density at radius 1 is 0.696 bits per heavy atom. The van der Waals surface area contributed by atoms with Crippen LogP contribution < -0.4 is 0 Å². The van der Waals surface area contributed by atoms with Crippen LogP contribution in [0.3, 0.4) is 0 Å². The molecule has 0 aromatic carbocycles. The van der Waals surface area contributed by atoms with E-state index in [-0.39, 0.29) is 0 Å². The van der Waals surface area contributed by atoms with Crippen LogP contribution in [-0.4, -0.2) is 23.0 Å². The SMILES string of the molecule is CC1CCC(C2CCC(C3CC(C)(C)N(C)C3(C)C)CC2)CC1. The Balaban J connectivity index is 1.57. The summed E-state index contributed by atoms with van der Waals surface area (Å²) in [4.78, 5) is 2.67. The first-order chi connectivity index (χ1) is 10.7. The fourth-order valence-corrected chi connectivity index (χ4v) is 6.47. The van der Waals surface area contributed by atoms with Crippen LogP contribution in [0.15, 0.2) is 0 Å². The summed E-state index contributed by atoms with van der Waals surface area (Å²) < 4.78 is 0. The van der Waals surface area contributed by atoms with Gasteiger partial charge in [0.2, 0.25) is 0 Å². The standard InChI is InChI=1S/C22H41N/c1-16-7-9-17(10-8-16)18-11-13-19(14-12-18)20-15-21(2,3)23(6)22(20,4)5/h16-20H,7-15H2,1-6H3. The summed E-state index contributed by atoms with van der Waals surface area (Å²) in [6.07, 6.45) is 13.5. The maximum absolute atomic E-state index is 2.67. The van der Waals surface area contributed by atoms with Crippen molar-refractivity contribution in [2.45, 2.75) is 103 Å². The van der Waals surface area contributed by atoms with Gasteiger partial charge in [0.05, 0.1) is 0 Å². The van der Waals surface area contributed by atoms with Gasteiger partial charge in [-0.1, -0.05) is 19.8 Å². The predicted octanol–water partition coefficient (Wildman–Crippen LogP) is 6.13. The van der Waals surface area contributed by atoms with Crippen molar-refractivity contribution in [1.82, 2.24) is 4.90 Å². The average molecular weight is 320 g/mol. The van der Waals surface area contributed by atoms with Crippen molar-refractivity contribution >= 4 is 0 Å². The molecule has 134 valence electrons. The van der Waals surface area contributed by atoms with Gasteiger partial charge in [-0.2, -0.15) is 0 Å². The van der Waals surface area contributed by atoms with E-state index >= 15 is 0 Å². The van der Waals surface area contributed by atoms with Gasteiger partial charge in [0, 0.05) is 11.1 Å². The summed E-state index contributed by atoms with van der Waals surface area (Å²) in [7, 11) is 2.36. The molecule has 2 aliphatic carbocycles. The predicted molar refractivity (Wildman–Crippen MR) is 101 cm³/mol. The molecule has 1 atom stereocenters.